The average molecular weight is 253 g/mol. The van der Waals surface area contributed by atoms with Crippen LogP contribution in [0.4, 0.5) is 0 Å². The fourth-order valence-electron chi connectivity index (χ4n) is 3.10. The first-order valence-corrected chi connectivity index (χ1v) is 6.78. The first-order chi connectivity index (χ1) is 8.60. The molecule has 1 fully saturated rings. The van der Waals surface area contributed by atoms with Gasteiger partial charge in [-0.25, -0.2) is 4.79 Å². The van der Waals surface area contributed by atoms with Crippen LogP contribution in [0.15, 0.2) is 5.10 Å². The molecule has 0 radical (unpaired) electrons. The quantitative estimate of drug-likeness (QED) is 0.762. The summed E-state index contributed by atoms with van der Waals surface area (Å²) in [6.45, 7) is 7.37. The van der Waals surface area contributed by atoms with Crippen molar-refractivity contribution >= 4 is 11.7 Å². The minimum atomic E-state index is -0.282. The molecule has 0 aromatic rings. The first kappa shape index (κ1) is 13.3. The molecular formula is C13H23N3O2. The molecule has 2 aliphatic rings. The molecule has 2 heterocycles. The fourth-order valence-corrected chi connectivity index (χ4v) is 3.10. The van der Waals surface area contributed by atoms with Crippen LogP contribution in [-0.4, -0.2) is 48.5 Å². The maximum Gasteiger partial charge on any atom is 0.354 e. The molecule has 1 saturated heterocycles. The van der Waals surface area contributed by atoms with Crippen molar-refractivity contribution in [2.45, 2.75) is 51.7 Å². The molecule has 2 aliphatic heterocycles. The topological polar surface area (TPSA) is 53.9 Å². The van der Waals surface area contributed by atoms with E-state index in [1.54, 1.807) is 0 Å². The van der Waals surface area contributed by atoms with Gasteiger partial charge in [-0.1, -0.05) is 6.92 Å². The Labute approximate surface area is 109 Å². The van der Waals surface area contributed by atoms with Gasteiger partial charge in [0.15, 0.2) is 5.71 Å². The molecule has 2 rings (SSSR count). The second-order valence-corrected chi connectivity index (χ2v) is 5.30. The highest BCUT2D eigenvalue weighted by molar-refractivity contribution is 6.38. The van der Waals surface area contributed by atoms with Crippen LogP contribution in [-0.2, 0) is 9.53 Å². The summed E-state index contributed by atoms with van der Waals surface area (Å²) in [5.74, 6) is -0.117. The summed E-state index contributed by atoms with van der Waals surface area (Å²) in [5, 5.41) is 10.1. The van der Waals surface area contributed by atoms with Crippen LogP contribution < -0.4 is 5.32 Å². The van der Waals surface area contributed by atoms with Crippen LogP contribution in [0.1, 0.15) is 33.6 Å². The van der Waals surface area contributed by atoms with Gasteiger partial charge in [0.25, 0.3) is 0 Å². The maximum atomic E-state index is 11.9. The standard InChI is InChI=1S/C13H23N3O2/c1-5-9-11-10(6-7-14-9)16(8(2)3)15-12(11)13(17)18-4/h8-11,14H,5-7H2,1-4H3/t9-,10?,11?/m0/s1. The predicted octanol–water partition coefficient (Wildman–Crippen LogP) is 0.996. The number of esters is 1. The number of fused-ring (bicyclic) bond motifs is 1. The van der Waals surface area contributed by atoms with Crippen LogP contribution >= 0.6 is 0 Å². The lowest BCUT2D eigenvalue weighted by molar-refractivity contribution is -0.133. The minimum Gasteiger partial charge on any atom is -0.464 e. The predicted molar refractivity (Wildman–Crippen MR) is 70.4 cm³/mol. The zero-order chi connectivity index (χ0) is 13.3. The highest BCUT2D eigenvalue weighted by Crippen LogP contribution is 2.33. The molecule has 1 N–H and O–H groups in total. The van der Waals surface area contributed by atoms with E-state index in [-0.39, 0.29) is 11.9 Å². The lowest BCUT2D eigenvalue weighted by atomic mass is 9.82. The van der Waals surface area contributed by atoms with Crippen LogP contribution in [0, 0.1) is 5.92 Å². The lowest BCUT2D eigenvalue weighted by Gasteiger charge is -2.38. The summed E-state index contributed by atoms with van der Waals surface area (Å²) in [5.41, 5.74) is 0.593. The smallest absolute Gasteiger partial charge is 0.354 e. The molecule has 2 unspecified atom stereocenters. The number of methoxy groups -OCH3 is 1. The zero-order valence-corrected chi connectivity index (χ0v) is 11.6. The van der Waals surface area contributed by atoms with Gasteiger partial charge >= 0.3 is 5.97 Å². The van der Waals surface area contributed by atoms with E-state index in [2.05, 4.69) is 36.2 Å². The molecule has 5 nitrogen and oxygen atoms in total. The third-order valence-corrected chi connectivity index (χ3v) is 3.94. The summed E-state index contributed by atoms with van der Waals surface area (Å²) in [6.07, 6.45) is 2.03. The molecule has 102 valence electrons. The summed E-state index contributed by atoms with van der Waals surface area (Å²) in [4.78, 5) is 11.9. The highest BCUT2D eigenvalue weighted by Gasteiger charge is 2.47. The minimum absolute atomic E-state index is 0.165. The number of nitrogens with zero attached hydrogens (tertiary/aromatic N) is 2. The van der Waals surface area contributed by atoms with Gasteiger partial charge in [0.1, 0.15) is 0 Å². The van der Waals surface area contributed by atoms with Gasteiger partial charge < -0.3 is 10.1 Å². The Morgan fingerprint density at radius 1 is 1.61 bits per heavy atom. The van der Waals surface area contributed by atoms with Crippen LogP contribution in [0.25, 0.3) is 0 Å². The van der Waals surface area contributed by atoms with Crippen molar-refractivity contribution in [1.29, 1.82) is 0 Å². The number of nitrogens with one attached hydrogen (secondary N) is 1. The average Bonchev–Trinajstić information content (AvgIpc) is 2.77. The Bertz CT molecular complexity index is 354. The van der Waals surface area contributed by atoms with Crippen molar-refractivity contribution in [3.8, 4) is 0 Å². The number of piperidine rings is 1. The molecule has 0 spiro atoms. The van der Waals surface area contributed by atoms with Gasteiger partial charge in [0.05, 0.1) is 13.2 Å². The van der Waals surface area contributed by atoms with E-state index < -0.39 is 0 Å². The van der Waals surface area contributed by atoms with E-state index in [1.807, 2.05) is 0 Å². The van der Waals surface area contributed by atoms with Gasteiger partial charge in [-0.05, 0) is 33.2 Å². The third-order valence-electron chi connectivity index (χ3n) is 3.94. The van der Waals surface area contributed by atoms with Crippen LogP contribution in [0.5, 0.6) is 0 Å². The third kappa shape index (κ3) is 2.11. The van der Waals surface area contributed by atoms with Crippen molar-refractivity contribution in [2.24, 2.45) is 11.0 Å². The van der Waals surface area contributed by atoms with Gasteiger partial charge in [-0.3, -0.25) is 5.01 Å². The second kappa shape index (κ2) is 5.26. The number of rotatable bonds is 3. The lowest BCUT2D eigenvalue weighted by Crippen LogP contribution is -2.54. The Hall–Kier alpha value is -1.10. The number of hydrazone groups is 1. The number of carbonyl (C=O) groups excluding carboxylic acids is 1. The van der Waals surface area contributed by atoms with E-state index in [9.17, 15) is 4.79 Å². The van der Waals surface area contributed by atoms with Gasteiger partial charge in [-0.15, -0.1) is 0 Å². The number of carbonyl (C=O) groups is 1. The zero-order valence-electron chi connectivity index (χ0n) is 11.6. The summed E-state index contributed by atoms with van der Waals surface area (Å²) in [6, 6.07) is 0.978. The molecule has 0 bridgehead atoms. The molecule has 0 aromatic carbocycles. The van der Waals surface area contributed by atoms with E-state index in [1.165, 1.54) is 7.11 Å². The van der Waals surface area contributed by atoms with E-state index in [0.29, 0.717) is 23.8 Å². The molecule has 5 heteroatoms. The van der Waals surface area contributed by atoms with Crippen molar-refractivity contribution < 1.29 is 9.53 Å². The number of hydrogen-bond donors (Lipinski definition) is 1. The Balaban J connectivity index is 2.30. The number of ether oxygens (including phenoxy) is 1. The maximum absolute atomic E-state index is 11.9. The number of hydrogen-bond acceptors (Lipinski definition) is 5. The van der Waals surface area contributed by atoms with E-state index >= 15 is 0 Å². The molecule has 0 aromatic heterocycles. The summed E-state index contributed by atoms with van der Waals surface area (Å²) in [7, 11) is 1.43. The van der Waals surface area contributed by atoms with Crippen molar-refractivity contribution in [3.63, 3.8) is 0 Å². The molecule has 3 atom stereocenters. The van der Waals surface area contributed by atoms with Crippen molar-refractivity contribution in [2.75, 3.05) is 13.7 Å². The monoisotopic (exact) mass is 253 g/mol. The van der Waals surface area contributed by atoms with Crippen molar-refractivity contribution in [1.82, 2.24) is 10.3 Å². The van der Waals surface area contributed by atoms with E-state index in [4.69, 9.17) is 4.74 Å². The largest absolute Gasteiger partial charge is 0.464 e. The molecule has 0 aliphatic carbocycles. The molecular weight excluding hydrogens is 230 g/mol. The Kier molecular flexibility index (Phi) is 3.90. The van der Waals surface area contributed by atoms with Gasteiger partial charge in [-0.2, -0.15) is 5.10 Å². The molecule has 18 heavy (non-hydrogen) atoms. The Morgan fingerprint density at radius 2 is 2.33 bits per heavy atom. The summed E-state index contributed by atoms with van der Waals surface area (Å²) < 4.78 is 4.88. The second-order valence-electron chi connectivity index (χ2n) is 5.30. The van der Waals surface area contributed by atoms with Crippen LogP contribution in [0.2, 0.25) is 0 Å². The highest BCUT2D eigenvalue weighted by atomic mass is 16.5. The van der Waals surface area contributed by atoms with E-state index in [0.717, 1.165) is 19.4 Å². The van der Waals surface area contributed by atoms with Gasteiger partial charge in [0.2, 0.25) is 0 Å². The fraction of sp³-hybridized carbons (Fsp3) is 0.846. The molecule has 0 saturated carbocycles. The molecule has 0 amide bonds. The first-order valence-electron chi connectivity index (χ1n) is 6.78. The van der Waals surface area contributed by atoms with Gasteiger partial charge in [0, 0.05) is 18.0 Å². The normalized spacial score (nSPS) is 31.3. The van der Waals surface area contributed by atoms with Crippen molar-refractivity contribution in [3.05, 3.63) is 0 Å². The Morgan fingerprint density at radius 3 is 2.89 bits per heavy atom. The SMILES string of the molecule is CC[C@@H]1NCCC2C1C(C(=O)OC)=NN2C(C)C. The van der Waals surface area contributed by atoms with Crippen LogP contribution in [0.3, 0.4) is 0 Å². The summed E-state index contributed by atoms with van der Waals surface area (Å²) >= 11 is 0.